The number of ether oxygens (including phenoxy) is 1. The van der Waals surface area contributed by atoms with Crippen molar-refractivity contribution in [2.45, 2.75) is 31.4 Å². The molecule has 0 amide bonds. The normalized spacial score (nSPS) is 12.8. The van der Waals surface area contributed by atoms with E-state index in [1.165, 1.54) is 30.3 Å². The molecule has 0 saturated heterocycles. The van der Waals surface area contributed by atoms with Crippen molar-refractivity contribution in [3.63, 3.8) is 0 Å². The second-order valence-corrected chi connectivity index (χ2v) is 8.57. The Bertz CT molecular complexity index is 872. The van der Waals surface area contributed by atoms with Gasteiger partial charge in [-0.1, -0.05) is 54.0 Å². The number of carbonyl (C=O) groups is 1. The fourth-order valence-corrected chi connectivity index (χ4v) is 3.99. The third-order valence-corrected chi connectivity index (χ3v) is 5.84. The topological polar surface area (TPSA) is 72.5 Å². The average Bonchev–Trinajstić information content (AvgIpc) is 2.59. The maximum Gasteiger partial charge on any atom is 0.324 e. The van der Waals surface area contributed by atoms with E-state index in [1.807, 2.05) is 0 Å². The third kappa shape index (κ3) is 5.36. The van der Waals surface area contributed by atoms with Crippen LogP contribution in [0.3, 0.4) is 0 Å². The van der Waals surface area contributed by atoms with Crippen LogP contribution in [0.25, 0.3) is 0 Å². The second kappa shape index (κ2) is 8.75. The Kier molecular flexibility index (Phi) is 6.91. The Morgan fingerprint density at radius 1 is 1.19 bits per heavy atom. The monoisotopic (exact) mass is 443 g/mol. The molecule has 0 radical (unpaired) electrons. The van der Waals surface area contributed by atoms with Crippen molar-refractivity contribution in [2.75, 3.05) is 0 Å². The number of rotatable bonds is 7. The van der Waals surface area contributed by atoms with Gasteiger partial charge < -0.3 is 4.74 Å². The molecule has 140 valence electrons. The lowest BCUT2D eigenvalue weighted by Gasteiger charge is -2.21. The first-order valence-electron chi connectivity index (χ1n) is 7.88. The number of sulfonamides is 1. The fraction of sp³-hybridized carbons (Fsp3) is 0.278. The number of hydrogen-bond donors (Lipinski definition) is 1. The highest BCUT2D eigenvalue weighted by Crippen LogP contribution is 2.20. The Hall–Kier alpha value is -1.77. The van der Waals surface area contributed by atoms with Gasteiger partial charge in [-0.15, -0.1) is 0 Å². The van der Waals surface area contributed by atoms with Crippen molar-refractivity contribution >= 4 is 31.9 Å². The summed E-state index contributed by atoms with van der Waals surface area (Å²) in [6.45, 7) is 3.33. The molecule has 8 heteroatoms. The summed E-state index contributed by atoms with van der Waals surface area (Å²) in [5.74, 6) is -1.43. The zero-order valence-corrected chi connectivity index (χ0v) is 16.7. The van der Waals surface area contributed by atoms with Crippen molar-refractivity contribution in [3.8, 4) is 0 Å². The lowest BCUT2D eigenvalue weighted by Crippen LogP contribution is -2.45. The van der Waals surface area contributed by atoms with Crippen LogP contribution in [-0.4, -0.2) is 20.4 Å². The third-order valence-electron chi connectivity index (χ3n) is 3.64. The number of esters is 1. The number of hydrogen-bond acceptors (Lipinski definition) is 4. The van der Waals surface area contributed by atoms with Gasteiger partial charge in [-0.2, -0.15) is 4.72 Å². The molecular weight excluding hydrogens is 425 g/mol. The first-order valence-corrected chi connectivity index (χ1v) is 10.2. The lowest BCUT2D eigenvalue weighted by atomic mass is 10.1. The van der Waals surface area contributed by atoms with Crippen LogP contribution in [0.2, 0.25) is 0 Å². The molecule has 2 aromatic carbocycles. The largest absolute Gasteiger partial charge is 0.460 e. The maximum absolute atomic E-state index is 13.1. The quantitative estimate of drug-likeness (QED) is 0.663. The van der Waals surface area contributed by atoms with E-state index in [4.69, 9.17) is 4.74 Å². The van der Waals surface area contributed by atoms with Gasteiger partial charge >= 0.3 is 5.97 Å². The number of nitrogens with one attached hydrogen (secondary N) is 1. The average molecular weight is 444 g/mol. The molecular formula is C18H19BrFNO4S. The van der Waals surface area contributed by atoms with Gasteiger partial charge in [-0.25, -0.2) is 12.8 Å². The Morgan fingerprint density at radius 2 is 1.85 bits per heavy atom. The Labute approximate surface area is 160 Å². The molecule has 0 aromatic heterocycles. The molecule has 0 heterocycles. The zero-order valence-electron chi connectivity index (χ0n) is 14.3. The van der Waals surface area contributed by atoms with E-state index in [-0.39, 0.29) is 17.4 Å². The van der Waals surface area contributed by atoms with Gasteiger partial charge in [-0.3, -0.25) is 4.79 Å². The van der Waals surface area contributed by atoms with E-state index >= 15 is 0 Å². The molecule has 0 saturated carbocycles. The predicted molar refractivity (Wildman–Crippen MR) is 99.3 cm³/mol. The van der Waals surface area contributed by atoms with Crippen LogP contribution >= 0.6 is 15.9 Å². The van der Waals surface area contributed by atoms with E-state index in [1.54, 1.807) is 32.0 Å². The molecule has 1 N–H and O–H groups in total. The van der Waals surface area contributed by atoms with E-state index < -0.39 is 27.9 Å². The van der Waals surface area contributed by atoms with Gasteiger partial charge in [0.05, 0.1) is 4.90 Å². The van der Waals surface area contributed by atoms with Crippen LogP contribution in [0.15, 0.2) is 57.9 Å². The molecule has 26 heavy (non-hydrogen) atoms. The van der Waals surface area contributed by atoms with Crippen molar-refractivity contribution in [3.05, 3.63) is 64.4 Å². The molecule has 1 atom stereocenters. The van der Waals surface area contributed by atoms with Crippen molar-refractivity contribution in [1.82, 2.24) is 4.72 Å². The van der Waals surface area contributed by atoms with E-state index in [9.17, 15) is 17.6 Å². The van der Waals surface area contributed by atoms with E-state index in [2.05, 4.69) is 20.7 Å². The smallest absolute Gasteiger partial charge is 0.324 e. The molecule has 0 spiro atoms. The van der Waals surface area contributed by atoms with Crippen LogP contribution in [0.5, 0.6) is 0 Å². The predicted octanol–water partition coefficient (Wildman–Crippen LogP) is 3.63. The van der Waals surface area contributed by atoms with Crippen molar-refractivity contribution < 1.29 is 22.3 Å². The molecule has 2 rings (SSSR count). The molecule has 0 bridgehead atoms. The summed E-state index contributed by atoms with van der Waals surface area (Å²) in [6, 6.07) is 10.8. The number of benzene rings is 2. The minimum Gasteiger partial charge on any atom is -0.460 e. The van der Waals surface area contributed by atoms with Gasteiger partial charge in [0.15, 0.2) is 0 Å². The molecule has 0 aliphatic rings. The SMILES string of the molecule is CC(C)[C@H](NS(=O)(=O)c1ccccc1)C(=O)OCc1ccc(F)cc1Br. The van der Waals surface area contributed by atoms with Crippen LogP contribution < -0.4 is 4.72 Å². The van der Waals surface area contributed by atoms with Crippen LogP contribution in [0.1, 0.15) is 19.4 Å². The molecule has 5 nitrogen and oxygen atoms in total. The van der Waals surface area contributed by atoms with Crippen LogP contribution in [-0.2, 0) is 26.2 Å². The van der Waals surface area contributed by atoms with E-state index in [0.29, 0.717) is 10.0 Å². The van der Waals surface area contributed by atoms with Crippen LogP contribution in [0.4, 0.5) is 4.39 Å². The minimum atomic E-state index is -3.86. The highest BCUT2D eigenvalue weighted by Gasteiger charge is 2.29. The summed E-state index contributed by atoms with van der Waals surface area (Å²) < 4.78 is 46.1. The molecule has 0 fully saturated rings. The maximum atomic E-state index is 13.1. The summed E-state index contributed by atoms with van der Waals surface area (Å²) >= 11 is 3.20. The van der Waals surface area contributed by atoms with Crippen molar-refractivity contribution in [1.29, 1.82) is 0 Å². The Morgan fingerprint density at radius 3 is 2.42 bits per heavy atom. The van der Waals surface area contributed by atoms with Crippen molar-refractivity contribution in [2.24, 2.45) is 5.92 Å². The highest BCUT2D eigenvalue weighted by molar-refractivity contribution is 9.10. The van der Waals surface area contributed by atoms with Gasteiger partial charge in [0.1, 0.15) is 18.5 Å². The summed E-state index contributed by atoms with van der Waals surface area (Å²) in [5.41, 5.74) is 0.577. The standard InChI is InChI=1S/C18H19BrFNO4S/c1-12(2)17(21-26(23,24)15-6-4-3-5-7-15)18(22)25-11-13-8-9-14(20)10-16(13)19/h3-10,12,17,21H,11H2,1-2H3/t17-/m0/s1. The number of halogens is 2. The minimum absolute atomic E-state index is 0.0692. The summed E-state index contributed by atoms with van der Waals surface area (Å²) in [4.78, 5) is 12.5. The molecule has 0 aliphatic carbocycles. The highest BCUT2D eigenvalue weighted by atomic mass is 79.9. The summed E-state index contributed by atoms with van der Waals surface area (Å²) in [7, 11) is -3.86. The first-order chi connectivity index (χ1) is 12.2. The van der Waals surface area contributed by atoms with Gasteiger partial charge in [0, 0.05) is 10.0 Å². The fourth-order valence-electron chi connectivity index (χ4n) is 2.17. The lowest BCUT2D eigenvalue weighted by molar-refractivity contribution is -0.148. The van der Waals surface area contributed by atoms with Gasteiger partial charge in [0.2, 0.25) is 10.0 Å². The second-order valence-electron chi connectivity index (χ2n) is 6.00. The molecule has 2 aromatic rings. The number of carbonyl (C=O) groups excluding carboxylic acids is 1. The summed E-state index contributed by atoms with van der Waals surface area (Å²) in [5, 5.41) is 0. The van der Waals surface area contributed by atoms with E-state index in [0.717, 1.165) is 0 Å². The first kappa shape index (κ1) is 20.5. The molecule has 0 unspecified atom stereocenters. The Balaban J connectivity index is 2.10. The molecule has 0 aliphatic heterocycles. The van der Waals surface area contributed by atoms with Gasteiger partial charge in [-0.05, 0) is 30.2 Å². The van der Waals surface area contributed by atoms with Crippen LogP contribution in [0, 0.1) is 11.7 Å². The van der Waals surface area contributed by atoms with Gasteiger partial charge in [0.25, 0.3) is 0 Å². The zero-order chi connectivity index (χ0) is 19.3. The summed E-state index contributed by atoms with van der Waals surface area (Å²) in [6.07, 6.45) is 0.